The molecule has 2 aromatic rings. The van der Waals surface area contributed by atoms with Crippen LogP contribution in [0.2, 0.25) is 0 Å². The zero-order valence-electron chi connectivity index (χ0n) is 14.8. The number of amides is 2. The first-order valence-electron chi connectivity index (χ1n) is 8.75. The minimum Gasteiger partial charge on any atom is -0.469 e. The van der Waals surface area contributed by atoms with E-state index in [0.717, 1.165) is 54.8 Å². The lowest BCUT2D eigenvalue weighted by Crippen LogP contribution is -2.39. The van der Waals surface area contributed by atoms with Crippen LogP contribution in [0.15, 0.2) is 16.7 Å². The molecule has 2 amide bonds. The zero-order chi connectivity index (χ0) is 17.1. The maximum Gasteiger partial charge on any atom is 0.317 e. The Balaban J connectivity index is 1.68. The van der Waals surface area contributed by atoms with Gasteiger partial charge in [-0.1, -0.05) is 13.8 Å². The topological polar surface area (TPSA) is 63.3 Å². The number of nitrogens with one attached hydrogen (secondary N) is 1. The number of carbonyl (C=O) groups excluding carboxylic acids is 1. The maximum atomic E-state index is 12.6. The number of aromatic nitrogens is 2. The molecule has 1 aliphatic rings. The third-order valence-electron chi connectivity index (χ3n) is 4.76. The highest BCUT2D eigenvalue weighted by atomic mass is 16.3. The third-order valence-corrected chi connectivity index (χ3v) is 4.76. The summed E-state index contributed by atoms with van der Waals surface area (Å²) in [6, 6.07) is 1.95. The molecule has 0 aromatic carbocycles. The Morgan fingerprint density at radius 2 is 2.21 bits per heavy atom. The summed E-state index contributed by atoms with van der Waals surface area (Å²) in [6.07, 6.45) is 5.33. The number of fused-ring (bicyclic) bond motifs is 1. The van der Waals surface area contributed by atoms with Gasteiger partial charge in [-0.25, -0.2) is 4.79 Å². The molecule has 3 rings (SSSR count). The highest BCUT2D eigenvalue weighted by Crippen LogP contribution is 2.20. The first-order chi connectivity index (χ1) is 11.6. The molecule has 0 unspecified atom stereocenters. The van der Waals surface area contributed by atoms with Gasteiger partial charge >= 0.3 is 6.03 Å². The second-order valence-electron chi connectivity index (χ2n) is 6.26. The van der Waals surface area contributed by atoms with Crippen LogP contribution in [-0.2, 0) is 39.4 Å². The fourth-order valence-electron chi connectivity index (χ4n) is 3.49. The summed E-state index contributed by atoms with van der Waals surface area (Å²) in [5, 5.41) is 7.65. The Bertz CT molecular complexity index is 717. The number of carbonyl (C=O) groups is 1. The molecular weight excluding hydrogens is 304 g/mol. The molecule has 1 aliphatic heterocycles. The fourth-order valence-corrected chi connectivity index (χ4v) is 3.49. The normalized spacial score (nSPS) is 14.4. The number of furan rings is 1. The highest BCUT2D eigenvalue weighted by molar-refractivity contribution is 5.74. The van der Waals surface area contributed by atoms with Gasteiger partial charge in [0.1, 0.15) is 5.76 Å². The average molecular weight is 330 g/mol. The van der Waals surface area contributed by atoms with E-state index in [1.54, 1.807) is 6.26 Å². The quantitative estimate of drug-likeness (QED) is 0.937. The van der Waals surface area contributed by atoms with Gasteiger partial charge in [0, 0.05) is 43.4 Å². The molecule has 0 bridgehead atoms. The summed E-state index contributed by atoms with van der Waals surface area (Å²) < 4.78 is 7.42. The highest BCUT2D eigenvalue weighted by Gasteiger charge is 2.21. The van der Waals surface area contributed by atoms with Crippen LogP contribution in [0.3, 0.4) is 0 Å². The lowest BCUT2D eigenvalue weighted by molar-refractivity contribution is 0.195. The SMILES string of the molecule is CCc1nn(C)c(CC)c1CNC(=O)N1CCCc2occc2C1. The van der Waals surface area contributed by atoms with Crippen molar-refractivity contribution in [2.75, 3.05) is 6.54 Å². The summed E-state index contributed by atoms with van der Waals surface area (Å²) in [4.78, 5) is 14.5. The molecule has 0 saturated heterocycles. The van der Waals surface area contributed by atoms with E-state index in [2.05, 4.69) is 24.3 Å². The van der Waals surface area contributed by atoms with E-state index in [0.29, 0.717) is 13.1 Å². The van der Waals surface area contributed by atoms with Crippen LogP contribution in [0.25, 0.3) is 0 Å². The smallest absolute Gasteiger partial charge is 0.317 e. The lowest BCUT2D eigenvalue weighted by Gasteiger charge is -2.21. The Labute approximate surface area is 142 Å². The first-order valence-corrected chi connectivity index (χ1v) is 8.75. The average Bonchev–Trinajstić information content (AvgIpc) is 3.08. The second kappa shape index (κ2) is 7.11. The molecule has 6 heteroatoms. The molecule has 0 fully saturated rings. The molecule has 0 saturated carbocycles. The van der Waals surface area contributed by atoms with Crippen molar-refractivity contribution in [2.24, 2.45) is 7.05 Å². The van der Waals surface area contributed by atoms with E-state index in [-0.39, 0.29) is 6.03 Å². The molecule has 0 spiro atoms. The van der Waals surface area contributed by atoms with E-state index in [1.807, 2.05) is 22.7 Å². The van der Waals surface area contributed by atoms with Gasteiger partial charge in [-0.05, 0) is 25.3 Å². The van der Waals surface area contributed by atoms with Crippen molar-refractivity contribution >= 4 is 6.03 Å². The lowest BCUT2D eigenvalue weighted by atomic mass is 10.1. The van der Waals surface area contributed by atoms with Crippen molar-refractivity contribution in [1.82, 2.24) is 20.0 Å². The largest absolute Gasteiger partial charge is 0.469 e. The van der Waals surface area contributed by atoms with Crippen LogP contribution in [-0.4, -0.2) is 27.3 Å². The van der Waals surface area contributed by atoms with E-state index in [4.69, 9.17) is 4.42 Å². The van der Waals surface area contributed by atoms with Crippen molar-refractivity contribution in [3.63, 3.8) is 0 Å². The van der Waals surface area contributed by atoms with Gasteiger partial charge in [-0.2, -0.15) is 5.10 Å². The first kappa shape index (κ1) is 16.6. The van der Waals surface area contributed by atoms with Crippen molar-refractivity contribution in [1.29, 1.82) is 0 Å². The minimum absolute atomic E-state index is 0.0167. The summed E-state index contributed by atoms with van der Waals surface area (Å²) in [5.74, 6) is 1.01. The van der Waals surface area contributed by atoms with Crippen LogP contribution in [0.5, 0.6) is 0 Å². The van der Waals surface area contributed by atoms with Crippen LogP contribution in [0.4, 0.5) is 4.79 Å². The molecule has 2 aromatic heterocycles. The molecule has 1 N–H and O–H groups in total. The molecule has 24 heavy (non-hydrogen) atoms. The minimum atomic E-state index is -0.0167. The predicted octanol–water partition coefficient (Wildman–Crippen LogP) is 2.80. The number of nitrogens with zero attached hydrogens (tertiary/aromatic N) is 3. The number of hydrogen-bond donors (Lipinski definition) is 1. The summed E-state index contributed by atoms with van der Waals surface area (Å²) in [6.45, 7) is 6.13. The molecule has 3 heterocycles. The number of aryl methyl sites for hydroxylation is 3. The van der Waals surface area contributed by atoms with Crippen LogP contribution >= 0.6 is 0 Å². The molecule has 0 atom stereocenters. The Hall–Kier alpha value is -2.24. The van der Waals surface area contributed by atoms with Gasteiger partial charge < -0.3 is 14.6 Å². The summed E-state index contributed by atoms with van der Waals surface area (Å²) in [5.41, 5.74) is 4.55. The third kappa shape index (κ3) is 3.18. The molecule has 6 nitrogen and oxygen atoms in total. The standard InChI is InChI=1S/C18H26N4O2/c1-4-15-14(16(5-2)21(3)20-15)11-19-18(23)22-9-6-7-17-13(12-22)8-10-24-17/h8,10H,4-7,9,11-12H2,1-3H3,(H,19,23). The van der Waals surface area contributed by atoms with Gasteiger partial charge in [-0.15, -0.1) is 0 Å². The van der Waals surface area contributed by atoms with E-state index in [9.17, 15) is 4.79 Å². The van der Waals surface area contributed by atoms with Crippen molar-refractivity contribution < 1.29 is 9.21 Å². The van der Waals surface area contributed by atoms with E-state index in [1.165, 1.54) is 5.69 Å². The van der Waals surface area contributed by atoms with Crippen LogP contribution in [0.1, 0.15) is 48.5 Å². The monoisotopic (exact) mass is 330 g/mol. The molecule has 130 valence electrons. The van der Waals surface area contributed by atoms with Crippen LogP contribution in [0, 0.1) is 0 Å². The maximum absolute atomic E-state index is 12.6. The number of hydrogen-bond acceptors (Lipinski definition) is 3. The number of rotatable bonds is 4. The van der Waals surface area contributed by atoms with Crippen molar-refractivity contribution in [3.8, 4) is 0 Å². The van der Waals surface area contributed by atoms with Crippen molar-refractivity contribution in [3.05, 3.63) is 40.6 Å². The Kier molecular flexibility index (Phi) is 4.92. The van der Waals surface area contributed by atoms with Gasteiger partial charge in [0.25, 0.3) is 0 Å². The predicted molar refractivity (Wildman–Crippen MR) is 91.6 cm³/mol. The van der Waals surface area contributed by atoms with Gasteiger partial charge in [0.05, 0.1) is 18.5 Å². The molecule has 0 radical (unpaired) electrons. The second-order valence-corrected chi connectivity index (χ2v) is 6.26. The fraction of sp³-hybridized carbons (Fsp3) is 0.556. The number of urea groups is 1. The summed E-state index contributed by atoms with van der Waals surface area (Å²) >= 11 is 0. The summed E-state index contributed by atoms with van der Waals surface area (Å²) in [7, 11) is 1.97. The van der Waals surface area contributed by atoms with E-state index >= 15 is 0 Å². The van der Waals surface area contributed by atoms with Gasteiger partial charge in [0.15, 0.2) is 0 Å². The van der Waals surface area contributed by atoms with Crippen molar-refractivity contribution in [2.45, 2.75) is 52.6 Å². The van der Waals surface area contributed by atoms with Crippen LogP contribution < -0.4 is 5.32 Å². The Morgan fingerprint density at radius 1 is 1.38 bits per heavy atom. The molecule has 0 aliphatic carbocycles. The molecular formula is C18H26N4O2. The zero-order valence-corrected chi connectivity index (χ0v) is 14.8. The van der Waals surface area contributed by atoms with Gasteiger partial charge in [0.2, 0.25) is 0 Å². The van der Waals surface area contributed by atoms with E-state index < -0.39 is 0 Å². The Morgan fingerprint density at radius 3 is 2.96 bits per heavy atom. The van der Waals surface area contributed by atoms with Gasteiger partial charge in [-0.3, -0.25) is 4.68 Å².